The van der Waals surface area contributed by atoms with Crippen LogP contribution in [0.4, 0.5) is 22.7 Å². The van der Waals surface area contributed by atoms with Gasteiger partial charge in [-0.3, -0.25) is 0 Å². The molecule has 0 atom stereocenters. The van der Waals surface area contributed by atoms with E-state index in [-0.39, 0.29) is 0 Å². The molecule has 6 aromatic carbocycles. The lowest BCUT2D eigenvalue weighted by molar-refractivity contribution is -0.632. The maximum absolute atomic E-state index is 6.25. The number of pyridine rings is 2. The first-order valence-corrected chi connectivity index (χ1v) is 18.7. The SMILES string of the molecule is C[n+]1c(-c2cccc(OCCOCCOCCOc3cccc(-c4c5cc(N)ccc5c5ccc(N)cc5[n+]4C)c3)c2)c2cc(N)ccc2c2ccc(N)cc21. The van der Waals surface area contributed by atoms with Crippen molar-refractivity contribution < 1.29 is 28.1 Å². The van der Waals surface area contributed by atoms with Gasteiger partial charge in [-0.25, -0.2) is 0 Å². The number of nitrogen functional groups attached to an aromatic ring is 4. The Balaban J connectivity index is 0.831. The molecular weight excluding hydrogens is 701 g/mol. The highest BCUT2D eigenvalue weighted by atomic mass is 16.6. The smallest absolute Gasteiger partial charge is 0.220 e. The number of nitrogens with two attached hydrogens (primary N) is 4. The van der Waals surface area contributed by atoms with Gasteiger partial charge in [-0.15, -0.1) is 0 Å². The van der Waals surface area contributed by atoms with Crippen LogP contribution >= 0.6 is 0 Å². The minimum Gasteiger partial charge on any atom is -0.491 e. The van der Waals surface area contributed by atoms with E-state index in [4.69, 9.17) is 41.9 Å². The van der Waals surface area contributed by atoms with Gasteiger partial charge in [0.2, 0.25) is 22.4 Å². The van der Waals surface area contributed by atoms with Crippen LogP contribution in [0.15, 0.2) is 121 Å². The lowest BCUT2D eigenvalue weighted by Gasteiger charge is -2.12. The maximum Gasteiger partial charge on any atom is 0.220 e. The molecule has 0 aliphatic carbocycles. The molecule has 2 aromatic heterocycles. The molecule has 0 fully saturated rings. The van der Waals surface area contributed by atoms with E-state index in [0.717, 1.165) is 77.4 Å². The van der Waals surface area contributed by atoms with Gasteiger partial charge in [0.15, 0.2) is 0 Å². The van der Waals surface area contributed by atoms with Crippen LogP contribution < -0.4 is 41.5 Å². The number of benzene rings is 6. The fourth-order valence-corrected chi connectivity index (χ4v) is 7.62. The zero-order valence-electron chi connectivity index (χ0n) is 31.6. The van der Waals surface area contributed by atoms with Crippen LogP contribution in [-0.2, 0) is 23.6 Å². The standard InChI is InChI=1S/C46H44N6O4/c1-51-43-27-33(49)11-15-39(43)37-13-9-31(47)25-41(37)45(51)29-5-3-7-35(23-29)55-21-19-53-17-18-54-20-22-56-36-8-4-6-30(24-36)46-42-26-32(48)10-14-38(42)40-16-12-34(50)28-44(40)52(46)2/h3-16,23-28,49-50H,17-22,47-48H2,1-2H3/p+2. The van der Waals surface area contributed by atoms with Crippen LogP contribution in [0.3, 0.4) is 0 Å². The summed E-state index contributed by atoms with van der Waals surface area (Å²) in [7, 11) is 4.10. The number of hydrogen-bond donors (Lipinski definition) is 4. The second kappa shape index (κ2) is 15.6. The third-order valence-electron chi connectivity index (χ3n) is 10.2. The summed E-state index contributed by atoms with van der Waals surface area (Å²) in [5.74, 6) is 1.51. The lowest BCUT2D eigenvalue weighted by Crippen LogP contribution is -2.32. The molecule has 2 heterocycles. The Morgan fingerprint density at radius 2 is 0.768 bits per heavy atom. The number of rotatable bonds is 13. The number of anilines is 4. The van der Waals surface area contributed by atoms with Crippen LogP contribution in [0.1, 0.15) is 0 Å². The Morgan fingerprint density at radius 1 is 0.393 bits per heavy atom. The molecule has 8 N–H and O–H groups in total. The molecule has 0 saturated heterocycles. The molecule has 0 unspecified atom stereocenters. The lowest BCUT2D eigenvalue weighted by atomic mass is 9.98. The first kappa shape index (κ1) is 36.4. The number of ether oxygens (including phenoxy) is 4. The molecule has 0 radical (unpaired) electrons. The monoisotopic (exact) mass is 746 g/mol. The summed E-state index contributed by atoms with van der Waals surface area (Å²) in [6.45, 7) is 2.56. The van der Waals surface area contributed by atoms with E-state index in [1.165, 1.54) is 0 Å². The van der Waals surface area contributed by atoms with Gasteiger partial charge in [-0.05, 0) is 84.9 Å². The van der Waals surface area contributed by atoms with Crippen LogP contribution in [0, 0.1) is 0 Å². The highest BCUT2D eigenvalue weighted by molar-refractivity contribution is 6.11. The normalized spacial score (nSPS) is 11.5. The summed E-state index contributed by atoms with van der Waals surface area (Å²) in [6, 6.07) is 40.2. The second-order valence-electron chi connectivity index (χ2n) is 14.0. The van der Waals surface area contributed by atoms with Crippen LogP contribution in [0.2, 0.25) is 0 Å². The minimum absolute atomic E-state index is 0.404. The van der Waals surface area contributed by atoms with E-state index >= 15 is 0 Å². The van der Waals surface area contributed by atoms with Gasteiger partial charge in [-0.1, -0.05) is 24.3 Å². The minimum atomic E-state index is 0.404. The highest BCUT2D eigenvalue weighted by Crippen LogP contribution is 2.36. The number of hydrogen-bond acceptors (Lipinski definition) is 8. The van der Waals surface area contributed by atoms with Crippen molar-refractivity contribution >= 4 is 66.1 Å². The number of aryl methyl sites for hydroxylation is 2. The topological polar surface area (TPSA) is 149 Å². The zero-order valence-corrected chi connectivity index (χ0v) is 31.6. The Kier molecular flexibility index (Phi) is 10.1. The molecule has 0 bridgehead atoms. The van der Waals surface area contributed by atoms with Crippen molar-refractivity contribution in [3.8, 4) is 34.0 Å². The van der Waals surface area contributed by atoms with Gasteiger partial charge in [0.1, 0.15) is 38.8 Å². The van der Waals surface area contributed by atoms with Gasteiger partial charge in [0.25, 0.3) is 0 Å². The number of aromatic nitrogens is 2. The predicted molar refractivity (Wildman–Crippen MR) is 226 cm³/mol. The third kappa shape index (κ3) is 7.27. The predicted octanol–water partition coefficient (Wildman–Crippen LogP) is 7.10. The molecule has 0 spiro atoms. The van der Waals surface area contributed by atoms with E-state index in [1.807, 2.05) is 84.9 Å². The van der Waals surface area contributed by atoms with Crippen molar-refractivity contribution in [2.45, 2.75) is 0 Å². The number of fused-ring (bicyclic) bond motifs is 6. The molecule has 8 aromatic rings. The van der Waals surface area contributed by atoms with Crippen LogP contribution in [-0.4, -0.2) is 39.6 Å². The largest absolute Gasteiger partial charge is 0.491 e. The van der Waals surface area contributed by atoms with Crippen molar-refractivity contribution in [3.05, 3.63) is 121 Å². The van der Waals surface area contributed by atoms with Crippen molar-refractivity contribution in [2.24, 2.45) is 14.1 Å². The maximum atomic E-state index is 6.25. The van der Waals surface area contributed by atoms with Gasteiger partial charge < -0.3 is 41.9 Å². The van der Waals surface area contributed by atoms with Gasteiger partial charge >= 0.3 is 0 Å². The molecular formula is C46H46N6O4+2. The fraction of sp³-hybridized carbons (Fsp3) is 0.174. The third-order valence-corrected chi connectivity index (χ3v) is 10.2. The Morgan fingerprint density at radius 3 is 1.20 bits per heavy atom. The Labute approximate surface area is 325 Å². The fourth-order valence-electron chi connectivity index (χ4n) is 7.62. The molecule has 10 heteroatoms. The quantitative estimate of drug-likeness (QED) is 0.0423. The van der Waals surface area contributed by atoms with Gasteiger partial charge in [0.05, 0.1) is 59.1 Å². The van der Waals surface area contributed by atoms with E-state index in [1.54, 1.807) is 0 Å². The summed E-state index contributed by atoms with van der Waals surface area (Å²) in [4.78, 5) is 0. The van der Waals surface area contributed by atoms with Gasteiger partial charge in [-0.2, -0.15) is 9.13 Å². The summed E-state index contributed by atoms with van der Waals surface area (Å²) < 4.78 is 28.1. The van der Waals surface area contributed by atoms with Gasteiger partial charge in [0, 0.05) is 45.7 Å². The summed E-state index contributed by atoms with van der Waals surface area (Å²) in [5, 5.41) is 6.58. The first-order valence-electron chi connectivity index (χ1n) is 18.7. The molecule has 8 rings (SSSR count). The first-order chi connectivity index (χ1) is 27.2. The van der Waals surface area contributed by atoms with E-state index in [0.29, 0.717) is 62.4 Å². The summed E-state index contributed by atoms with van der Waals surface area (Å²) >= 11 is 0. The van der Waals surface area contributed by atoms with Crippen LogP contribution in [0.5, 0.6) is 11.5 Å². The summed E-state index contributed by atoms with van der Waals surface area (Å²) in [5.41, 5.74) is 33.9. The highest BCUT2D eigenvalue weighted by Gasteiger charge is 2.23. The molecule has 56 heavy (non-hydrogen) atoms. The Bertz CT molecular complexity index is 2560. The number of nitrogens with zero attached hydrogens (tertiary/aromatic N) is 2. The molecule has 0 aliphatic rings. The zero-order chi connectivity index (χ0) is 38.8. The molecule has 0 aliphatic heterocycles. The van der Waals surface area contributed by atoms with Crippen molar-refractivity contribution in [2.75, 3.05) is 62.6 Å². The molecule has 10 nitrogen and oxygen atoms in total. The van der Waals surface area contributed by atoms with E-state index in [9.17, 15) is 0 Å². The summed E-state index contributed by atoms with van der Waals surface area (Å²) in [6.07, 6.45) is 0. The molecule has 0 saturated carbocycles. The second-order valence-corrected chi connectivity index (χ2v) is 14.0. The van der Waals surface area contributed by atoms with Crippen LogP contribution in [0.25, 0.3) is 65.9 Å². The Hall–Kier alpha value is -6.62. The van der Waals surface area contributed by atoms with Crippen molar-refractivity contribution in [3.63, 3.8) is 0 Å². The van der Waals surface area contributed by atoms with Crippen molar-refractivity contribution in [1.29, 1.82) is 0 Å². The average molecular weight is 747 g/mol. The average Bonchev–Trinajstić information content (AvgIpc) is 3.19. The van der Waals surface area contributed by atoms with Crippen molar-refractivity contribution in [1.82, 2.24) is 0 Å². The molecule has 0 amide bonds. The van der Waals surface area contributed by atoms with E-state index < -0.39 is 0 Å². The van der Waals surface area contributed by atoms with E-state index in [2.05, 4.69) is 59.6 Å². The molecule has 282 valence electrons.